The van der Waals surface area contributed by atoms with E-state index >= 15 is 0 Å². The Hall–Kier alpha value is -2.15. The molecule has 1 N–H and O–H groups in total. The van der Waals surface area contributed by atoms with Crippen molar-refractivity contribution in [2.24, 2.45) is 0 Å². The molecule has 1 saturated heterocycles. The molecule has 1 heterocycles. The zero-order chi connectivity index (χ0) is 20.6. The second-order valence-electron chi connectivity index (χ2n) is 7.24. The molecule has 1 unspecified atom stereocenters. The van der Waals surface area contributed by atoms with E-state index in [1.54, 1.807) is 12.1 Å². The summed E-state index contributed by atoms with van der Waals surface area (Å²) in [6.07, 6.45) is 0. The van der Waals surface area contributed by atoms with Gasteiger partial charge in [-0.05, 0) is 36.8 Å². The third-order valence-electron chi connectivity index (χ3n) is 5.08. The first-order chi connectivity index (χ1) is 14.0. The topological polar surface area (TPSA) is 44.8 Å². The maximum Gasteiger partial charge on any atom is 0.234 e. The molecule has 29 heavy (non-hydrogen) atoms. The molecule has 0 aliphatic carbocycles. The molecule has 0 aromatic heterocycles. The van der Waals surface area contributed by atoms with Gasteiger partial charge in [0.05, 0.1) is 17.6 Å². The van der Waals surface area contributed by atoms with Crippen molar-refractivity contribution in [3.05, 3.63) is 64.9 Å². The predicted molar refractivity (Wildman–Crippen MR) is 113 cm³/mol. The Labute approximate surface area is 176 Å². The molecule has 1 fully saturated rings. The highest BCUT2D eigenvalue weighted by molar-refractivity contribution is 6.32. The van der Waals surface area contributed by atoms with Crippen LogP contribution in [0, 0.1) is 5.82 Å². The first-order valence-electron chi connectivity index (χ1n) is 9.88. The van der Waals surface area contributed by atoms with Gasteiger partial charge >= 0.3 is 0 Å². The van der Waals surface area contributed by atoms with Crippen LogP contribution in [0.15, 0.2) is 48.5 Å². The molecule has 1 aliphatic rings. The zero-order valence-corrected chi connectivity index (χ0v) is 17.4. The van der Waals surface area contributed by atoms with Gasteiger partial charge in [0.15, 0.2) is 0 Å². The molecule has 0 bridgehead atoms. The van der Waals surface area contributed by atoms with Crippen LogP contribution >= 0.6 is 11.6 Å². The molecule has 1 atom stereocenters. The highest BCUT2D eigenvalue weighted by Crippen LogP contribution is 2.22. The summed E-state index contributed by atoms with van der Waals surface area (Å²) in [5, 5.41) is 3.61. The molecule has 3 rings (SSSR count). The summed E-state index contributed by atoms with van der Waals surface area (Å²) in [5.41, 5.74) is 0.892. The maximum atomic E-state index is 13.0. The third-order valence-corrected chi connectivity index (χ3v) is 5.39. The molecular formula is C22H27ClFN3O2. The van der Waals surface area contributed by atoms with E-state index in [-0.39, 0.29) is 17.8 Å². The van der Waals surface area contributed by atoms with E-state index in [2.05, 4.69) is 15.1 Å². The monoisotopic (exact) mass is 419 g/mol. The van der Waals surface area contributed by atoms with Gasteiger partial charge in [-0.15, -0.1) is 0 Å². The number of para-hydroxylation sites is 1. The van der Waals surface area contributed by atoms with Crippen molar-refractivity contribution in [1.29, 1.82) is 0 Å². The summed E-state index contributed by atoms with van der Waals surface area (Å²) < 4.78 is 18.8. The molecule has 1 aliphatic heterocycles. The van der Waals surface area contributed by atoms with Crippen LogP contribution in [-0.4, -0.2) is 61.6 Å². The lowest BCUT2D eigenvalue weighted by Crippen LogP contribution is -2.50. The number of nitrogens with zero attached hydrogens (tertiary/aromatic N) is 2. The fourth-order valence-electron chi connectivity index (χ4n) is 3.34. The number of amides is 1. The summed E-state index contributed by atoms with van der Waals surface area (Å²) in [6, 6.07) is 13.5. The van der Waals surface area contributed by atoms with Gasteiger partial charge in [0.25, 0.3) is 0 Å². The number of halogens is 2. The lowest BCUT2D eigenvalue weighted by atomic mass is 10.1. The largest absolute Gasteiger partial charge is 0.491 e. The molecule has 2 aromatic rings. The van der Waals surface area contributed by atoms with Crippen molar-refractivity contribution in [2.45, 2.75) is 13.0 Å². The number of piperazine rings is 1. The van der Waals surface area contributed by atoms with E-state index < -0.39 is 0 Å². The second kappa shape index (κ2) is 10.6. The van der Waals surface area contributed by atoms with Crippen LogP contribution in [0.2, 0.25) is 5.02 Å². The third kappa shape index (κ3) is 6.70. The Kier molecular flexibility index (Phi) is 7.86. The van der Waals surface area contributed by atoms with Crippen molar-refractivity contribution in [2.75, 3.05) is 45.9 Å². The van der Waals surface area contributed by atoms with E-state index in [0.717, 1.165) is 38.3 Å². The number of nitrogens with one attached hydrogen (secondary N) is 1. The minimum Gasteiger partial charge on any atom is -0.491 e. The Bertz CT molecular complexity index is 795. The quantitative estimate of drug-likeness (QED) is 0.712. The minimum atomic E-state index is -0.276. The molecule has 0 spiro atoms. The van der Waals surface area contributed by atoms with Crippen molar-refractivity contribution >= 4 is 17.5 Å². The van der Waals surface area contributed by atoms with Crippen LogP contribution in [0.25, 0.3) is 0 Å². The Balaban J connectivity index is 1.34. The molecule has 1 amide bonds. The molecule has 5 nitrogen and oxygen atoms in total. The zero-order valence-electron chi connectivity index (χ0n) is 16.6. The molecule has 7 heteroatoms. The second-order valence-corrected chi connectivity index (χ2v) is 7.64. The summed E-state index contributed by atoms with van der Waals surface area (Å²) in [7, 11) is 0. The normalized spacial score (nSPS) is 16.4. The molecule has 0 saturated carbocycles. The summed E-state index contributed by atoms with van der Waals surface area (Å²) >= 11 is 6.10. The number of carbonyl (C=O) groups is 1. The molecule has 0 radical (unpaired) electrons. The van der Waals surface area contributed by atoms with Gasteiger partial charge in [0, 0.05) is 32.7 Å². The fourth-order valence-corrected chi connectivity index (χ4v) is 3.53. The van der Waals surface area contributed by atoms with E-state index in [9.17, 15) is 9.18 Å². The average Bonchev–Trinajstić information content (AvgIpc) is 2.71. The van der Waals surface area contributed by atoms with Gasteiger partial charge in [-0.25, -0.2) is 4.39 Å². The maximum absolute atomic E-state index is 13.0. The molecular weight excluding hydrogens is 393 g/mol. The van der Waals surface area contributed by atoms with Crippen LogP contribution in [0.4, 0.5) is 4.39 Å². The van der Waals surface area contributed by atoms with Gasteiger partial charge in [0.1, 0.15) is 18.2 Å². The summed E-state index contributed by atoms with van der Waals surface area (Å²) in [4.78, 5) is 16.8. The number of carbonyl (C=O) groups excluding carboxylic acids is 1. The van der Waals surface area contributed by atoms with Gasteiger partial charge in [0.2, 0.25) is 5.91 Å². The standard InChI is InChI=1S/C22H27ClFN3O2/c1-17(18-6-8-19(24)9-7-18)25-22(28)16-27-12-10-26(11-13-27)14-15-29-21-5-3-2-4-20(21)23/h2-9,17H,10-16H2,1H3,(H,25,28). The van der Waals surface area contributed by atoms with Crippen LogP contribution in [0.3, 0.4) is 0 Å². The van der Waals surface area contributed by atoms with Gasteiger partial charge in [-0.1, -0.05) is 35.9 Å². The SMILES string of the molecule is CC(NC(=O)CN1CCN(CCOc2ccccc2Cl)CC1)c1ccc(F)cc1. The van der Waals surface area contributed by atoms with Crippen molar-refractivity contribution < 1.29 is 13.9 Å². The van der Waals surface area contributed by atoms with E-state index in [1.807, 2.05) is 31.2 Å². The van der Waals surface area contributed by atoms with Crippen molar-refractivity contribution in [1.82, 2.24) is 15.1 Å². The number of benzene rings is 2. The first kappa shape index (κ1) is 21.6. The number of hydrogen-bond acceptors (Lipinski definition) is 4. The van der Waals surface area contributed by atoms with Gasteiger partial charge in [-0.3, -0.25) is 14.6 Å². The minimum absolute atomic E-state index is 0.0164. The van der Waals surface area contributed by atoms with Crippen molar-refractivity contribution in [3.8, 4) is 5.75 Å². The van der Waals surface area contributed by atoms with E-state index in [0.29, 0.717) is 23.9 Å². The Morgan fingerprint density at radius 3 is 2.45 bits per heavy atom. The average molecular weight is 420 g/mol. The Morgan fingerprint density at radius 2 is 1.76 bits per heavy atom. The smallest absolute Gasteiger partial charge is 0.234 e. The predicted octanol–water partition coefficient (Wildman–Crippen LogP) is 3.35. The lowest BCUT2D eigenvalue weighted by Gasteiger charge is -2.34. The van der Waals surface area contributed by atoms with Crippen LogP contribution in [-0.2, 0) is 4.79 Å². The molecule has 2 aromatic carbocycles. The van der Waals surface area contributed by atoms with Gasteiger partial charge < -0.3 is 10.1 Å². The van der Waals surface area contributed by atoms with Crippen LogP contribution < -0.4 is 10.1 Å². The highest BCUT2D eigenvalue weighted by atomic mass is 35.5. The highest BCUT2D eigenvalue weighted by Gasteiger charge is 2.20. The fraction of sp³-hybridized carbons (Fsp3) is 0.409. The molecule has 156 valence electrons. The van der Waals surface area contributed by atoms with E-state index in [1.165, 1.54) is 12.1 Å². The Morgan fingerprint density at radius 1 is 1.10 bits per heavy atom. The van der Waals surface area contributed by atoms with Crippen LogP contribution in [0.5, 0.6) is 5.75 Å². The first-order valence-corrected chi connectivity index (χ1v) is 10.3. The van der Waals surface area contributed by atoms with Crippen LogP contribution in [0.1, 0.15) is 18.5 Å². The summed E-state index contributed by atoms with van der Waals surface area (Å²) in [5.74, 6) is 0.416. The van der Waals surface area contributed by atoms with Crippen molar-refractivity contribution in [3.63, 3.8) is 0 Å². The summed E-state index contributed by atoms with van der Waals surface area (Å²) in [6.45, 7) is 7.15. The number of hydrogen-bond donors (Lipinski definition) is 1. The number of ether oxygens (including phenoxy) is 1. The van der Waals surface area contributed by atoms with Gasteiger partial charge in [-0.2, -0.15) is 0 Å². The number of rotatable bonds is 8. The lowest BCUT2D eigenvalue weighted by molar-refractivity contribution is -0.123. The van der Waals surface area contributed by atoms with E-state index in [4.69, 9.17) is 16.3 Å².